The van der Waals surface area contributed by atoms with Crippen molar-refractivity contribution in [3.05, 3.63) is 34.5 Å². The van der Waals surface area contributed by atoms with E-state index in [-0.39, 0.29) is 0 Å². The van der Waals surface area contributed by atoms with E-state index in [9.17, 15) is 5.11 Å². The molecule has 0 amide bonds. The molecule has 0 aliphatic heterocycles. The molecule has 76 valence electrons. The first kappa shape index (κ1) is 9.94. The van der Waals surface area contributed by atoms with Crippen molar-refractivity contribution in [2.45, 2.75) is 31.8 Å². The molecule has 2 unspecified atom stereocenters. The second-order valence-electron chi connectivity index (χ2n) is 3.97. The predicted octanol–water partition coefficient (Wildman–Crippen LogP) is 3.31. The Morgan fingerprint density at radius 3 is 3.00 bits per heavy atom. The van der Waals surface area contributed by atoms with Gasteiger partial charge >= 0.3 is 0 Å². The summed E-state index contributed by atoms with van der Waals surface area (Å²) in [5.74, 6) is 0.662. The molecule has 2 heteroatoms. The summed E-state index contributed by atoms with van der Waals surface area (Å²) in [7, 11) is 0. The monoisotopic (exact) mass is 208 g/mol. The summed E-state index contributed by atoms with van der Waals surface area (Å²) in [6.45, 7) is 2.20. The van der Waals surface area contributed by atoms with Crippen LogP contribution in [0.25, 0.3) is 0 Å². The van der Waals surface area contributed by atoms with E-state index in [4.69, 9.17) is 0 Å². The maximum atomic E-state index is 10.4. The first-order chi connectivity index (χ1) is 6.74. The van der Waals surface area contributed by atoms with Gasteiger partial charge in [-0.3, -0.25) is 0 Å². The number of allylic oxidation sites excluding steroid dienone is 1. The molecule has 1 N–H and O–H groups in total. The van der Waals surface area contributed by atoms with Gasteiger partial charge in [0.15, 0.2) is 0 Å². The summed E-state index contributed by atoms with van der Waals surface area (Å²) >= 11 is 1.64. The van der Waals surface area contributed by atoms with Gasteiger partial charge in [0.05, 0.1) is 0 Å². The number of hydrogen-bond acceptors (Lipinski definition) is 2. The van der Waals surface area contributed by atoms with E-state index in [1.54, 1.807) is 11.3 Å². The Bertz CT molecular complexity index is 315. The molecule has 1 aromatic rings. The normalized spacial score (nSPS) is 32.0. The third-order valence-corrected chi connectivity index (χ3v) is 4.05. The van der Waals surface area contributed by atoms with E-state index < -0.39 is 5.60 Å². The van der Waals surface area contributed by atoms with Gasteiger partial charge in [-0.1, -0.05) is 25.1 Å². The lowest BCUT2D eigenvalue weighted by atomic mass is 9.83. The first-order valence-corrected chi connectivity index (χ1v) is 6.08. The van der Waals surface area contributed by atoms with Crippen LogP contribution in [0, 0.1) is 5.92 Å². The summed E-state index contributed by atoms with van der Waals surface area (Å²) in [5, 5.41) is 12.4. The standard InChI is InChI=1S/C12H16OS/c1-2-10-5-7-12(13,8-6-10)11-4-3-9-14-11/h3-5,7,9-10,13H,2,6,8H2,1H3. The molecule has 0 spiro atoms. The van der Waals surface area contributed by atoms with Gasteiger partial charge in [-0.05, 0) is 36.6 Å². The van der Waals surface area contributed by atoms with E-state index in [1.165, 1.54) is 6.42 Å². The predicted molar refractivity (Wildman–Crippen MR) is 60.4 cm³/mol. The SMILES string of the molecule is CCC1C=CC(O)(c2cccs2)CC1. The van der Waals surface area contributed by atoms with Gasteiger partial charge in [0, 0.05) is 4.88 Å². The van der Waals surface area contributed by atoms with E-state index in [0.29, 0.717) is 5.92 Å². The minimum absolute atomic E-state index is 0.662. The lowest BCUT2D eigenvalue weighted by Gasteiger charge is -2.29. The molecular weight excluding hydrogens is 192 g/mol. The van der Waals surface area contributed by atoms with Crippen molar-refractivity contribution in [2.24, 2.45) is 5.92 Å². The second kappa shape index (κ2) is 3.87. The van der Waals surface area contributed by atoms with Crippen LogP contribution in [-0.2, 0) is 5.60 Å². The summed E-state index contributed by atoms with van der Waals surface area (Å²) in [6.07, 6.45) is 7.29. The van der Waals surface area contributed by atoms with Crippen molar-refractivity contribution in [1.29, 1.82) is 0 Å². The number of rotatable bonds is 2. The van der Waals surface area contributed by atoms with Crippen LogP contribution in [0.4, 0.5) is 0 Å². The summed E-state index contributed by atoms with van der Waals surface area (Å²) < 4.78 is 0. The van der Waals surface area contributed by atoms with Crippen LogP contribution < -0.4 is 0 Å². The fourth-order valence-electron chi connectivity index (χ4n) is 1.95. The van der Waals surface area contributed by atoms with Crippen molar-refractivity contribution in [3.8, 4) is 0 Å². The van der Waals surface area contributed by atoms with Crippen LogP contribution in [0.5, 0.6) is 0 Å². The molecule has 0 aromatic carbocycles. The highest BCUT2D eigenvalue weighted by atomic mass is 32.1. The average Bonchev–Trinajstić information content (AvgIpc) is 2.72. The Hall–Kier alpha value is -0.600. The molecule has 2 atom stereocenters. The van der Waals surface area contributed by atoms with Crippen LogP contribution in [0.1, 0.15) is 31.1 Å². The molecule has 1 aromatic heterocycles. The zero-order chi connectivity index (χ0) is 10.0. The Morgan fingerprint density at radius 1 is 1.64 bits per heavy atom. The molecule has 0 bridgehead atoms. The van der Waals surface area contributed by atoms with Crippen LogP contribution >= 0.6 is 11.3 Å². The Morgan fingerprint density at radius 2 is 2.50 bits per heavy atom. The van der Waals surface area contributed by atoms with E-state index >= 15 is 0 Å². The fraction of sp³-hybridized carbons (Fsp3) is 0.500. The van der Waals surface area contributed by atoms with Crippen LogP contribution in [0.2, 0.25) is 0 Å². The maximum Gasteiger partial charge on any atom is 0.117 e. The van der Waals surface area contributed by atoms with Gasteiger partial charge in [0.25, 0.3) is 0 Å². The highest BCUT2D eigenvalue weighted by molar-refractivity contribution is 7.10. The van der Waals surface area contributed by atoms with E-state index in [0.717, 1.165) is 17.7 Å². The van der Waals surface area contributed by atoms with Gasteiger partial charge in [-0.25, -0.2) is 0 Å². The summed E-state index contributed by atoms with van der Waals surface area (Å²) in [4.78, 5) is 1.07. The first-order valence-electron chi connectivity index (χ1n) is 5.20. The molecule has 0 fully saturated rings. The lowest BCUT2D eigenvalue weighted by molar-refractivity contribution is 0.0697. The van der Waals surface area contributed by atoms with E-state index in [2.05, 4.69) is 13.0 Å². The number of thiophene rings is 1. The molecule has 1 heterocycles. The minimum Gasteiger partial charge on any atom is -0.380 e. The zero-order valence-corrected chi connectivity index (χ0v) is 9.26. The van der Waals surface area contributed by atoms with Crippen molar-refractivity contribution >= 4 is 11.3 Å². The maximum absolute atomic E-state index is 10.4. The molecule has 2 rings (SSSR count). The van der Waals surface area contributed by atoms with Crippen molar-refractivity contribution in [2.75, 3.05) is 0 Å². The molecule has 0 saturated heterocycles. The number of aliphatic hydroxyl groups is 1. The molecule has 1 aliphatic carbocycles. The fourth-order valence-corrected chi connectivity index (χ4v) is 2.79. The molecule has 14 heavy (non-hydrogen) atoms. The summed E-state index contributed by atoms with van der Waals surface area (Å²) in [6, 6.07) is 4.01. The van der Waals surface area contributed by atoms with Crippen LogP contribution in [0.3, 0.4) is 0 Å². The lowest BCUT2D eigenvalue weighted by Crippen LogP contribution is -2.25. The minimum atomic E-state index is -0.681. The molecule has 1 nitrogen and oxygen atoms in total. The van der Waals surface area contributed by atoms with Crippen molar-refractivity contribution in [3.63, 3.8) is 0 Å². The highest BCUT2D eigenvalue weighted by Crippen LogP contribution is 2.37. The van der Waals surface area contributed by atoms with Gasteiger partial charge in [0.1, 0.15) is 5.60 Å². The van der Waals surface area contributed by atoms with Gasteiger partial charge < -0.3 is 5.11 Å². The Labute approximate surface area is 89.1 Å². The van der Waals surface area contributed by atoms with Crippen LogP contribution in [0.15, 0.2) is 29.7 Å². The van der Waals surface area contributed by atoms with Crippen molar-refractivity contribution < 1.29 is 5.11 Å². The van der Waals surface area contributed by atoms with E-state index in [1.807, 2.05) is 23.6 Å². The van der Waals surface area contributed by atoms with Gasteiger partial charge in [0.2, 0.25) is 0 Å². The molecule has 0 radical (unpaired) electrons. The second-order valence-corrected chi connectivity index (χ2v) is 4.92. The van der Waals surface area contributed by atoms with Crippen molar-refractivity contribution in [1.82, 2.24) is 0 Å². The quantitative estimate of drug-likeness (QED) is 0.739. The molecule has 0 saturated carbocycles. The third kappa shape index (κ3) is 1.77. The largest absolute Gasteiger partial charge is 0.380 e. The van der Waals surface area contributed by atoms with Crippen LogP contribution in [-0.4, -0.2) is 5.11 Å². The Balaban J connectivity index is 2.20. The molecular formula is C12H16OS. The Kier molecular flexibility index (Phi) is 2.75. The van der Waals surface area contributed by atoms with Gasteiger partial charge in [-0.15, -0.1) is 11.3 Å². The number of hydrogen-bond donors (Lipinski definition) is 1. The highest BCUT2D eigenvalue weighted by Gasteiger charge is 2.30. The zero-order valence-electron chi connectivity index (χ0n) is 8.44. The molecule has 1 aliphatic rings. The van der Waals surface area contributed by atoms with Gasteiger partial charge in [-0.2, -0.15) is 0 Å². The summed E-state index contributed by atoms with van der Waals surface area (Å²) in [5.41, 5.74) is -0.681. The topological polar surface area (TPSA) is 20.2 Å². The average molecular weight is 208 g/mol. The smallest absolute Gasteiger partial charge is 0.117 e. The third-order valence-electron chi connectivity index (χ3n) is 3.01.